The maximum atomic E-state index is 12.7. The molecule has 0 atom stereocenters. The zero-order valence-corrected chi connectivity index (χ0v) is 15.3. The Morgan fingerprint density at radius 2 is 1.96 bits per heavy atom. The molecule has 1 heterocycles. The molecule has 0 radical (unpaired) electrons. The van der Waals surface area contributed by atoms with E-state index in [1.165, 1.54) is 4.90 Å². The van der Waals surface area contributed by atoms with Crippen LogP contribution in [0, 0.1) is 0 Å². The van der Waals surface area contributed by atoms with Gasteiger partial charge in [-0.2, -0.15) is 0 Å². The largest absolute Gasteiger partial charge is 0.334 e. The van der Waals surface area contributed by atoms with Gasteiger partial charge in [0.1, 0.15) is 0 Å². The Morgan fingerprint density at radius 1 is 1.22 bits per heavy atom. The smallest absolute Gasteiger partial charge is 0.228 e. The second-order valence-corrected chi connectivity index (χ2v) is 6.83. The molecule has 23 heavy (non-hydrogen) atoms. The molecule has 5 heteroatoms. The van der Waals surface area contributed by atoms with Gasteiger partial charge < -0.3 is 4.90 Å². The molecular weight excluding hydrogens is 306 g/mol. The summed E-state index contributed by atoms with van der Waals surface area (Å²) in [4.78, 5) is 20.8. The van der Waals surface area contributed by atoms with Crippen molar-refractivity contribution in [3.63, 3.8) is 0 Å². The highest BCUT2D eigenvalue weighted by atomic mass is 32.1. The van der Waals surface area contributed by atoms with Crippen LogP contribution in [0.4, 0.5) is 5.13 Å². The third kappa shape index (κ3) is 4.75. The van der Waals surface area contributed by atoms with Crippen LogP contribution in [0.15, 0.2) is 24.3 Å². The molecule has 0 aliphatic carbocycles. The number of thiazole rings is 1. The lowest BCUT2D eigenvalue weighted by atomic mass is 10.2. The first-order valence-corrected chi connectivity index (χ1v) is 9.50. The van der Waals surface area contributed by atoms with E-state index in [0.29, 0.717) is 6.42 Å². The van der Waals surface area contributed by atoms with Gasteiger partial charge >= 0.3 is 0 Å². The van der Waals surface area contributed by atoms with Gasteiger partial charge in [-0.25, -0.2) is 4.98 Å². The minimum absolute atomic E-state index is 0.206. The summed E-state index contributed by atoms with van der Waals surface area (Å²) < 4.78 is 1.14. The number of nitrogens with one attached hydrogen (secondary N) is 1. The number of nitrogens with zero attached hydrogens (tertiary/aromatic N) is 2. The minimum Gasteiger partial charge on any atom is -0.334 e. The number of anilines is 1. The fourth-order valence-electron chi connectivity index (χ4n) is 2.64. The van der Waals surface area contributed by atoms with Gasteiger partial charge in [0.15, 0.2) is 5.13 Å². The Kier molecular flexibility index (Phi) is 6.99. The van der Waals surface area contributed by atoms with E-state index < -0.39 is 0 Å². The number of amides is 1. The first kappa shape index (κ1) is 17.9. The highest BCUT2D eigenvalue weighted by molar-refractivity contribution is 7.22. The number of para-hydroxylation sites is 1. The monoisotopic (exact) mass is 334 g/mol. The SMILES string of the molecule is CCCCC(=O)N(CC[NH+](CC)CC)c1nc2ccccc2s1. The zero-order valence-electron chi connectivity index (χ0n) is 14.5. The highest BCUT2D eigenvalue weighted by Gasteiger charge is 2.20. The van der Waals surface area contributed by atoms with Gasteiger partial charge in [-0.15, -0.1) is 0 Å². The number of hydrogen-bond acceptors (Lipinski definition) is 3. The number of benzene rings is 1. The molecule has 4 nitrogen and oxygen atoms in total. The number of aromatic nitrogens is 1. The summed E-state index contributed by atoms with van der Waals surface area (Å²) in [6, 6.07) is 8.10. The molecule has 0 aliphatic rings. The van der Waals surface area contributed by atoms with E-state index in [-0.39, 0.29) is 5.91 Å². The van der Waals surface area contributed by atoms with Crippen LogP contribution in [0.3, 0.4) is 0 Å². The lowest BCUT2D eigenvalue weighted by Crippen LogP contribution is -3.12. The average molecular weight is 335 g/mol. The van der Waals surface area contributed by atoms with E-state index >= 15 is 0 Å². The van der Waals surface area contributed by atoms with E-state index in [9.17, 15) is 4.79 Å². The van der Waals surface area contributed by atoms with Crippen molar-refractivity contribution >= 4 is 32.6 Å². The third-order valence-corrected chi connectivity index (χ3v) is 5.31. The Hall–Kier alpha value is -1.46. The molecule has 0 unspecified atom stereocenters. The van der Waals surface area contributed by atoms with Gasteiger partial charge in [-0.05, 0) is 32.4 Å². The molecule has 1 amide bonds. The van der Waals surface area contributed by atoms with Gasteiger partial charge in [-0.1, -0.05) is 36.8 Å². The maximum absolute atomic E-state index is 12.7. The molecule has 0 bridgehead atoms. The van der Waals surface area contributed by atoms with Crippen LogP contribution in [0.2, 0.25) is 0 Å². The van der Waals surface area contributed by atoms with Crippen molar-refractivity contribution in [2.75, 3.05) is 31.1 Å². The van der Waals surface area contributed by atoms with Crippen molar-refractivity contribution in [3.8, 4) is 0 Å². The Balaban J connectivity index is 2.19. The number of likely N-dealkylation sites (N-methyl/N-ethyl adjacent to an activating group) is 1. The molecule has 1 aromatic carbocycles. The number of hydrogen-bond donors (Lipinski definition) is 1. The number of quaternary nitrogens is 1. The van der Waals surface area contributed by atoms with Crippen LogP contribution >= 0.6 is 11.3 Å². The van der Waals surface area contributed by atoms with Crippen LogP contribution in [-0.2, 0) is 4.79 Å². The third-order valence-electron chi connectivity index (χ3n) is 4.25. The van der Waals surface area contributed by atoms with Crippen molar-refractivity contribution < 1.29 is 9.69 Å². The lowest BCUT2D eigenvalue weighted by Gasteiger charge is -2.23. The number of carbonyl (C=O) groups excluding carboxylic acids is 1. The van der Waals surface area contributed by atoms with E-state index in [1.54, 1.807) is 11.3 Å². The second-order valence-electron chi connectivity index (χ2n) is 5.82. The summed E-state index contributed by atoms with van der Waals surface area (Å²) in [6.45, 7) is 10.4. The topological polar surface area (TPSA) is 37.6 Å². The zero-order chi connectivity index (χ0) is 16.7. The molecule has 2 rings (SSSR count). The Labute approximate surface area is 143 Å². The molecule has 0 aliphatic heterocycles. The van der Waals surface area contributed by atoms with Gasteiger partial charge in [0.05, 0.1) is 36.4 Å². The van der Waals surface area contributed by atoms with Gasteiger partial charge in [0, 0.05) is 6.42 Å². The molecule has 0 saturated heterocycles. The van der Waals surface area contributed by atoms with Crippen molar-refractivity contribution in [1.82, 2.24) is 4.98 Å². The van der Waals surface area contributed by atoms with Crippen LogP contribution in [0.1, 0.15) is 40.0 Å². The van der Waals surface area contributed by atoms with Crippen molar-refractivity contribution in [3.05, 3.63) is 24.3 Å². The molecule has 1 N–H and O–H groups in total. The van der Waals surface area contributed by atoms with Crippen LogP contribution in [0.25, 0.3) is 10.2 Å². The number of rotatable bonds is 9. The maximum Gasteiger partial charge on any atom is 0.228 e. The quantitative estimate of drug-likeness (QED) is 0.766. The van der Waals surface area contributed by atoms with Gasteiger partial charge in [0.2, 0.25) is 5.91 Å². The fraction of sp³-hybridized carbons (Fsp3) is 0.556. The van der Waals surface area contributed by atoms with Crippen molar-refractivity contribution in [2.24, 2.45) is 0 Å². The molecular formula is C18H28N3OS+. The van der Waals surface area contributed by atoms with Crippen molar-refractivity contribution in [1.29, 1.82) is 0 Å². The van der Waals surface area contributed by atoms with Crippen LogP contribution < -0.4 is 9.80 Å². The van der Waals surface area contributed by atoms with Crippen molar-refractivity contribution in [2.45, 2.75) is 40.0 Å². The number of carbonyl (C=O) groups is 1. The molecule has 0 spiro atoms. The summed E-state index contributed by atoms with van der Waals surface area (Å²) in [5, 5.41) is 0.846. The Morgan fingerprint density at radius 3 is 2.61 bits per heavy atom. The second kappa shape index (κ2) is 8.99. The van der Waals surface area contributed by atoms with Gasteiger partial charge in [-0.3, -0.25) is 9.69 Å². The highest BCUT2D eigenvalue weighted by Crippen LogP contribution is 2.28. The standard InChI is InChI=1S/C18H27N3OS/c1-4-7-12-17(22)21(14-13-20(5-2)6-3)18-19-15-10-8-9-11-16(15)23-18/h8-11H,4-7,12-14H2,1-3H3/p+1. The van der Waals surface area contributed by atoms with E-state index in [4.69, 9.17) is 0 Å². The fourth-order valence-corrected chi connectivity index (χ4v) is 3.65. The van der Waals surface area contributed by atoms with E-state index in [1.807, 2.05) is 23.1 Å². The summed E-state index contributed by atoms with van der Waals surface area (Å²) >= 11 is 1.62. The summed E-state index contributed by atoms with van der Waals surface area (Å²) in [6.07, 6.45) is 2.60. The first-order chi connectivity index (χ1) is 11.2. The van der Waals surface area contributed by atoms with Crippen LogP contribution in [-0.4, -0.2) is 37.1 Å². The van der Waals surface area contributed by atoms with Gasteiger partial charge in [0.25, 0.3) is 0 Å². The lowest BCUT2D eigenvalue weighted by molar-refractivity contribution is -0.894. The number of fused-ring (bicyclic) bond motifs is 1. The van der Waals surface area contributed by atoms with E-state index in [0.717, 1.165) is 54.4 Å². The predicted molar refractivity (Wildman–Crippen MR) is 98.4 cm³/mol. The molecule has 1 aromatic heterocycles. The predicted octanol–water partition coefficient (Wildman–Crippen LogP) is 2.74. The molecule has 0 fully saturated rings. The first-order valence-electron chi connectivity index (χ1n) is 8.69. The van der Waals surface area contributed by atoms with E-state index in [2.05, 4.69) is 31.8 Å². The average Bonchev–Trinajstić information content (AvgIpc) is 3.00. The molecule has 2 aromatic rings. The molecule has 126 valence electrons. The Bertz CT molecular complexity index is 589. The van der Waals surface area contributed by atoms with Crippen LogP contribution in [0.5, 0.6) is 0 Å². The molecule has 0 saturated carbocycles. The number of unbranched alkanes of at least 4 members (excludes halogenated alkanes) is 1. The summed E-state index contributed by atoms with van der Waals surface area (Å²) in [5.74, 6) is 0.206. The summed E-state index contributed by atoms with van der Waals surface area (Å²) in [5.41, 5.74) is 0.982. The summed E-state index contributed by atoms with van der Waals surface area (Å²) in [7, 11) is 0. The minimum atomic E-state index is 0.206. The normalized spacial score (nSPS) is 11.3.